The molecule has 0 radical (unpaired) electrons. The molecule has 1 aliphatic rings. The molecule has 1 aromatic carbocycles. The number of amides is 1. The summed E-state index contributed by atoms with van der Waals surface area (Å²) >= 11 is 0. The van der Waals surface area contributed by atoms with Gasteiger partial charge < -0.3 is 15.0 Å². The van der Waals surface area contributed by atoms with Crippen molar-refractivity contribution in [3.8, 4) is 5.88 Å². The first-order valence-electron chi connectivity index (χ1n) is 8.12. The van der Waals surface area contributed by atoms with E-state index in [1.54, 1.807) is 18.0 Å². The van der Waals surface area contributed by atoms with Gasteiger partial charge in [0.15, 0.2) is 11.6 Å². The van der Waals surface area contributed by atoms with Gasteiger partial charge in [-0.1, -0.05) is 6.07 Å². The molecule has 2 heterocycles. The smallest absolute Gasteiger partial charge is 0.352 e. The third-order valence-corrected chi connectivity index (χ3v) is 4.08. The lowest BCUT2D eigenvalue weighted by atomic mass is 10.2. The van der Waals surface area contributed by atoms with Crippen LogP contribution in [0.1, 0.15) is 12.0 Å². The Bertz CT molecular complexity index is 885. The van der Waals surface area contributed by atoms with Gasteiger partial charge in [-0.15, -0.1) is 0 Å². The van der Waals surface area contributed by atoms with Crippen LogP contribution in [0.3, 0.4) is 0 Å². The van der Waals surface area contributed by atoms with Crippen LogP contribution < -0.4 is 20.6 Å². The molecule has 1 N–H and O–H groups in total. The normalized spacial score (nSPS) is 13.3. The molecule has 0 saturated heterocycles. The van der Waals surface area contributed by atoms with Crippen molar-refractivity contribution in [2.24, 2.45) is 0 Å². The van der Waals surface area contributed by atoms with Crippen molar-refractivity contribution in [2.45, 2.75) is 19.6 Å². The summed E-state index contributed by atoms with van der Waals surface area (Å²) in [5, 5.41) is 2.55. The van der Waals surface area contributed by atoms with Crippen molar-refractivity contribution < 1.29 is 18.3 Å². The number of carbonyl (C=O) groups is 1. The molecule has 0 fully saturated rings. The van der Waals surface area contributed by atoms with Gasteiger partial charge in [0, 0.05) is 26.2 Å². The van der Waals surface area contributed by atoms with Crippen LogP contribution in [0.5, 0.6) is 5.88 Å². The van der Waals surface area contributed by atoms with Crippen LogP contribution in [0.2, 0.25) is 0 Å². The number of ether oxygens (including phenoxy) is 1. The number of anilines is 1. The highest BCUT2D eigenvalue weighted by molar-refractivity contribution is 5.80. The van der Waals surface area contributed by atoms with Gasteiger partial charge >= 0.3 is 5.69 Å². The molecule has 3 rings (SSSR count). The maximum atomic E-state index is 13.3. The Kier molecular flexibility index (Phi) is 5.15. The molecule has 26 heavy (non-hydrogen) atoms. The minimum absolute atomic E-state index is 0.0646. The SMILES string of the molecule is CNC(=O)CN1CCCn2c1cc(OCc1ccc(F)c(F)c1)nc2=O. The summed E-state index contributed by atoms with van der Waals surface area (Å²) in [4.78, 5) is 29.5. The van der Waals surface area contributed by atoms with E-state index in [1.807, 2.05) is 0 Å². The van der Waals surface area contributed by atoms with E-state index >= 15 is 0 Å². The van der Waals surface area contributed by atoms with Crippen LogP contribution in [0, 0.1) is 11.6 Å². The maximum absolute atomic E-state index is 13.3. The number of carbonyl (C=O) groups excluding carboxylic acids is 1. The van der Waals surface area contributed by atoms with E-state index in [9.17, 15) is 18.4 Å². The zero-order chi connectivity index (χ0) is 18.7. The van der Waals surface area contributed by atoms with Crippen LogP contribution in [0.4, 0.5) is 14.6 Å². The fourth-order valence-corrected chi connectivity index (χ4v) is 2.75. The average Bonchev–Trinajstić information content (AvgIpc) is 2.63. The predicted molar refractivity (Wildman–Crippen MR) is 90.1 cm³/mol. The molecule has 7 nitrogen and oxygen atoms in total. The summed E-state index contributed by atoms with van der Waals surface area (Å²) in [6.45, 7) is 1.18. The fourth-order valence-electron chi connectivity index (χ4n) is 2.75. The van der Waals surface area contributed by atoms with Crippen LogP contribution >= 0.6 is 0 Å². The number of hydrogen-bond acceptors (Lipinski definition) is 5. The zero-order valence-corrected chi connectivity index (χ0v) is 14.2. The van der Waals surface area contributed by atoms with Crippen molar-refractivity contribution in [3.63, 3.8) is 0 Å². The van der Waals surface area contributed by atoms with Gasteiger partial charge in [-0.05, 0) is 24.1 Å². The number of rotatable bonds is 5. The molecule has 0 bridgehead atoms. The molecule has 9 heteroatoms. The number of nitrogens with one attached hydrogen (secondary N) is 1. The molecule has 0 unspecified atom stereocenters. The number of halogens is 2. The lowest BCUT2D eigenvalue weighted by Gasteiger charge is -2.31. The van der Waals surface area contributed by atoms with Crippen molar-refractivity contribution in [2.75, 3.05) is 25.0 Å². The standard InChI is InChI=1S/C17H18F2N4O3/c1-20-14(24)9-22-5-2-6-23-16(22)8-15(21-17(23)25)26-10-11-3-4-12(18)13(19)7-11/h3-4,7-8H,2,5-6,9-10H2,1H3,(H,20,24). The van der Waals surface area contributed by atoms with E-state index in [-0.39, 0.29) is 24.9 Å². The molecule has 138 valence electrons. The minimum Gasteiger partial charge on any atom is -0.473 e. The molecule has 2 aromatic rings. The van der Waals surface area contributed by atoms with E-state index in [1.165, 1.54) is 10.6 Å². The number of fused-ring (bicyclic) bond motifs is 1. The van der Waals surface area contributed by atoms with Crippen molar-refractivity contribution >= 4 is 11.7 Å². The van der Waals surface area contributed by atoms with Gasteiger partial charge in [0.05, 0.1) is 6.54 Å². The molecule has 1 amide bonds. The summed E-state index contributed by atoms with van der Waals surface area (Å²) in [5.74, 6) is -1.48. The van der Waals surface area contributed by atoms with E-state index in [2.05, 4.69) is 10.3 Å². The highest BCUT2D eigenvalue weighted by Crippen LogP contribution is 2.22. The summed E-state index contributed by atoms with van der Waals surface area (Å²) in [6, 6.07) is 5.00. The Morgan fingerprint density at radius 2 is 2.08 bits per heavy atom. The molecule has 0 saturated carbocycles. The van der Waals surface area contributed by atoms with Crippen LogP contribution in [0.25, 0.3) is 0 Å². The Labute approximate surface area is 148 Å². The largest absolute Gasteiger partial charge is 0.473 e. The molecular weight excluding hydrogens is 346 g/mol. The first kappa shape index (κ1) is 17.8. The van der Waals surface area contributed by atoms with E-state index in [0.29, 0.717) is 24.5 Å². The van der Waals surface area contributed by atoms with Gasteiger partial charge in [0.1, 0.15) is 12.4 Å². The molecule has 0 spiro atoms. The maximum Gasteiger partial charge on any atom is 0.352 e. The van der Waals surface area contributed by atoms with Gasteiger partial charge in [0.25, 0.3) is 0 Å². The number of benzene rings is 1. The first-order chi connectivity index (χ1) is 12.5. The number of aromatic nitrogens is 2. The van der Waals surface area contributed by atoms with Crippen LogP contribution in [0.15, 0.2) is 29.1 Å². The van der Waals surface area contributed by atoms with Crippen molar-refractivity contribution in [1.29, 1.82) is 0 Å². The first-order valence-corrected chi connectivity index (χ1v) is 8.12. The van der Waals surface area contributed by atoms with E-state index in [0.717, 1.165) is 18.6 Å². The summed E-state index contributed by atoms with van der Waals surface area (Å²) in [6.07, 6.45) is 0.723. The second kappa shape index (κ2) is 7.51. The second-order valence-corrected chi connectivity index (χ2v) is 5.87. The Morgan fingerprint density at radius 1 is 1.27 bits per heavy atom. The van der Waals surface area contributed by atoms with Crippen LogP contribution in [-0.4, -0.2) is 35.6 Å². The van der Waals surface area contributed by atoms with E-state index in [4.69, 9.17) is 4.74 Å². The predicted octanol–water partition coefficient (Wildman–Crippen LogP) is 1.06. The zero-order valence-electron chi connectivity index (χ0n) is 14.2. The summed E-state index contributed by atoms with van der Waals surface area (Å²) in [5.41, 5.74) is -0.0740. The minimum atomic E-state index is -0.971. The number of hydrogen-bond donors (Lipinski definition) is 1. The average molecular weight is 364 g/mol. The lowest BCUT2D eigenvalue weighted by molar-refractivity contribution is -0.119. The highest BCUT2D eigenvalue weighted by atomic mass is 19.2. The van der Waals surface area contributed by atoms with Gasteiger partial charge in [0.2, 0.25) is 11.8 Å². The molecule has 0 aliphatic carbocycles. The Hall–Kier alpha value is -2.97. The Morgan fingerprint density at radius 3 is 2.81 bits per heavy atom. The Balaban J connectivity index is 1.81. The molecular formula is C17H18F2N4O3. The quantitative estimate of drug-likeness (QED) is 0.859. The van der Waals surface area contributed by atoms with Crippen molar-refractivity contribution in [1.82, 2.24) is 14.9 Å². The number of likely N-dealkylation sites (N-methyl/N-ethyl adjacent to an activating group) is 1. The lowest BCUT2D eigenvalue weighted by Crippen LogP contribution is -2.43. The fraction of sp³-hybridized carbons (Fsp3) is 0.353. The van der Waals surface area contributed by atoms with Gasteiger partial charge in [-0.25, -0.2) is 13.6 Å². The molecule has 0 atom stereocenters. The number of nitrogens with zero attached hydrogens (tertiary/aromatic N) is 3. The third-order valence-electron chi connectivity index (χ3n) is 4.08. The molecule has 1 aromatic heterocycles. The van der Waals surface area contributed by atoms with Crippen LogP contribution in [-0.2, 0) is 17.9 Å². The van der Waals surface area contributed by atoms with Gasteiger partial charge in [-0.3, -0.25) is 9.36 Å². The third kappa shape index (κ3) is 3.81. The monoisotopic (exact) mass is 364 g/mol. The summed E-state index contributed by atoms with van der Waals surface area (Å²) < 4.78 is 33.2. The summed E-state index contributed by atoms with van der Waals surface area (Å²) in [7, 11) is 1.54. The van der Waals surface area contributed by atoms with Gasteiger partial charge in [-0.2, -0.15) is 4.98 Å². The van der Waals surface area contributed by atoms with E-state index < -0.39 is 17.3 Å². The topological polar surface area (TPSA) is 76.5 Å². The molecule has 1 aliphatic heterocycles. The van der Waals surface area contributed by atoms with Crippen molar-refractivity contribution in [3.05, 3.63) is 51.9 Å². The highest BCUT2D eigenvalue weighted by Gasteiger charge is 2.21. The second-order valence-electron chi connectivity index (χ2n) is 5.87.